The second kappa shape index (κ2) is 5.63. The molecule has 8 heteroatoms. The Morgan fingerprint density at radius 2 is 2.32 bits per heavy atom. The number of carbonyl (C=O) groups is 1. The summed E-state index contributed by atoms with van der Waals surface area (Å²) in [4.78, 5) is 21.5. The summed E-state index contributed by atoms with van der Waals surface area (Å²) >= 11 is 0. The Kier molecular flexibility index (Phi) is 3.72. The average molecular weight is 263 g/mol. The van der Waals surface area contributed by atoms with Crippen molar-refractivity contribution in [2.45, 2.75) is 0 Å². The summed E-state index contributed by atoms with van der Waals surface area (Å²) in [7, 11) is 0. The largest absolute Gasteiger partial charge is 0.484 e. The second-order valence-electron chi connectivity index (χ2n) is 3.48. The van der Waals surface area contributed by atoms with Crippen LogP contribution >= 0.6 is 0 Å². The minimum atomic E-state index is -0.539. The molecule has 19 heavy (non-hydrogen) atoms. The molecular formula is C11H9N3O5. The van der Waals surface area contributed by atoms with E-state index in [1.165, 1.54) is 36.6 Å². The number of anilines is 1. The SMILES string of the molecule is O=C(COc1cccc([N+](=O)[O-])c1)Nc1ccon1. The number of ether oxygens (including phenoxy) is 1. The van der Waals surface area contributed by atoms with Crippen molar-refractivity contribution in [3.8, 4) is 5.75 Å². The highest BCUT2D eigenvalue weighted by atomic mass is 16.6. The van der Waals surface area contributed by atoms with Crippen LogP contribution in [0.2, 0.25) is 0 Å². The van der Waals surface area contributed by atoms with Crippen LogP contribution in [0.5, 0.6) is 5.75 Å². The molecule has 1 aromatic heterocycles. The van der Waals surface area contributed by atoms with E-state index >= 15 is 0 Å². The van der Waals surface area contributed by atoms with E-state index in [0.29, 0.717) is 0 Å². The molecule has 0 fully saturated rings. The summed E-state index contributed by atoms with van der Waals surface area (Å²) in [5, 5.41) is 16.5. The first-order chi connectivity index (χ1) is 9.15. The van der Waals surface area contributed by atoms with Crippen LogP contribution < -0.4 is 10.1 Å². The van der Waals surface area contributed by atoms with Crippen molar-refractivity contribution in [2.75, 3.05) is 11.9 Å². The van der Waals surface area contributed by atoms with Gasteiger partial charge in [-0.3, -0.25) is 14.9 Å². The van der Waals surface area contributed by atoms with E-state index in [1.807, 2.05) is 0 Å². The molecule has 1 amide bonds. The number of aromatic nitrogens is 1. The Hall–Kier alpha value is -2.90. The van der Waals surface area contributed by atoms with Crippen molar-refractivity contribution < 1.29 is 19.0 Å². The Bertz CT molecular complexity index is 582. The predicted molar refractivity (Wildman–Crippen MR) is 63.7 cm³/mol. The molecule has 0 radical (unpaired) electrons. The number of hydrogen-bond donors (Lipinski definition) is 1. The van der Waals surface area contributed by atoms with Crippen LogP contribution in [-0.2, 0) is 4.79 Å². The first-order valence-electron chi connectivity index (χ1n) is 5.22. The fraction of sp³-hybridized carbons (Fsp3) is 0.0909. The van der Waals surface area contributed by atoms with Gasteiger partial charge in [0, 0.05) is 12.1 Å². The van der Waals surface area contributed by atoms with Gasteiger partial charge in [-0.25, -0.2) is 0 Å². The highest BCUT2D eigenvalue weighted by Gasteiger charge is 2.09. The van der Waals surface area contributed by atoms with Gasteiger partial charge in [0.05, 0.1) is 11.0 Å². The molecule has 98 valence electrons. The number of non-ortho nitro benzene ring substituents is 1. The van der Waals surface area contributed by atoms with Gasteiger partial charge in [0.25, 0.3) is 11.6 Å². The highest BCUT2D eigenvalue weighted by Crippen LogP contribution is 2.18. The zero-order valence-corrected chi connectivity index (χ0v) is 9.61. The predicted octanol–water partition coefficient (Wildman–Crippen LogP) is 1.60. The number of nitrogens with zero attached hydrogens (tertiary/aromatic N) is 2. The number of nitro groups is 1. The number of carbonyl (C=O) groups excluding carboxylic acids is 1. The maximum atomic E-state index is 11.5. The molecule has 0 aliphatic rings. The summed E-state index contributed by atoms with van der Waals surface area (Å²) in [6.45, 7) is -0.284. The van der Waals surface area contributed by atoms with Crippen molar-refractivity contribution >= 4 is 17.4 Å². The lowest BCUT2D eigenvalue weighted by Crippen LogP contribution is -2.20. The lowest BCUT2D eigenvalue weighted by Gasteiger charge is -2.05. The van der Waals surface area contributed by atoms with Crippen LogP contribution in [0, 0.1) is 10.1 Å². The van der Waals surface area contributed by atoms with Crippen molar-refractivity contribution in [1.29, 1.82) is 0 Å². The third-order valence-electron chi connectivity index (χ3n) is 2.10. The fourth-order valence-electron chi connectivity index (χ4n) is 1.29. The summed E-state index contributed by atoms with van der Waals surface area (Å²) in [6.07, 6.45) is 1.32. The second-order valence-corrected chi connectivity index (χ2v) is 3.48. The number of benzene rings is 1. The molecule has 1 heterocycles. The Balaban J connectivity index is 1.89. The van der Waals surface area contributed by atoms with Gasteiger partial charge in [0.15, 0.2) is 12.4 Å². The van der Waals surface area contributed by atoms with E-state index in [0.717, 1.165) is 0 Å². The van der Waals surface area contributed by atoms with Crippen LogP contribution in [0.3, 0.4) is 0 Å². The highest BCUT2D eigenvalue weighted by molar-refractivity contribution is 5.90. The molecule has 0 aliphatic heterocycles. The zero-order valence-electron chi connectivity index (χ0n) is 9.61. The molecule has 0 atom stereocenters. The van der Waals surface area contributed by atoms with Gasteiger partial charge in [-0.05, 0) is 6.07 Å². The number of rotatable bonds is 5. The number of hydrogen-bond acceptors (Lipinski definition) is 6. The van der Waals surface area contributed by atoms with Gasteiger partial charge in [-0.2, -0.15) is 0 Å². The topological polar surface area (TPSA) is 108 Å². The Morgan fingerprint density at radius 3 is 3.00 bits per heavy atom. The summed E-state index contributed by atoms with van der Waals surface area (Å²) in [6, 6.07) is 7.05. The summed E-state index contributed by atoms with van der Waals surface area (Å²) < 4.78 is 9.67. The first kappa shape index (κ1) is 12.6. The molecule has 2 aromatic rings. The molecule has 0 aliphatic carbocycles. The van der Waals surface area contributed by atoms with Gasteiger partial charge >= 0.3 is 0 Å². The standard InChI is InChI=1S/C11H9N3O5/c15-11(12-10-4-5-19-13-10)7-18-9-3-1-2-8(6-9)14(16)17/h1-6H,7H2,(H,12,13,15). The minimum absolute atomic E-state index is 0.102. The van der Waals surface area contributed by atoms with Gasteiger partial charge in [0.2, 0.25) is 0 Å². The first-order valence-corrected chi connectivity index (χ1v) is 5.22. The molecule has 0 unspecified atom stereocenters. The van der Waals surface area contributed by atoms with Gasteiger partial charge in [0.1, 0.15) is 12.0 Å². The van der Waals surface area contributed by atoms with E-state index in [4.69, 9.17) is 4.74 Å². The smallest absolute Gasteiger partial charge is 0.273 e. The van der Waals surface area contributed by atoms with Crippen molar-refractivity contribution in [3.63, 3.8) is 0 Å². The molecule has 2 rings (SSSR count). The summed E-state index contributed by atoms with van der Waals surface area (Å²) in [5.41, 5.74) is -0.102. The maximum absolute atomic E-state index is 11.5. The molecule has 0 spiro atoms. The van der Waals surface area contributed by atoms with E-state index in [2.05, 4.69) is 15.0 Å². The third-order valence-corrected chi connectivity index (χ3v) is 2.10. The van der Waals surface area contributed by atoms with Gasteiger partial charge < -0.3 is 14.6 Å². The van der Waals surface area contributed by atoms with Crippen molar-refractivity contribution in [1.82, 2.24) is 5.16 Å². The lowest BCUT2D eigenvalue weighted by atomic mass is 10.3. The minimum Gasteiger partial charge on any atom is -0.484 e. The monoisotopic (exact) mass is 263 g/mol. The molecule has 1 aromatic carbocycles. The quantitative estimate of drug-likeness (QED) is 0.648. The van der Waals surface area contributed by atoms with Crippen LogP contribution in [-0.4, -0.2) is 22.6 Å². The van der Waals surface area contributed by atoms with Crippen LogP contribution in [0.25, 0.3) is 0 Å². The molecule has 8 nitrogen and oxygen atoms in total. The number of nitro benzene ring substituents is 1. The Morgan fingerprint density at radius 1 is 1.47 bits per heavy atom. The molecule has 0 saturated heterocycles. The van der Waals surface area contributed by atoms with Gasteiger partial charge in [-0.1, -0.05) is 11.2 Å². The Labute approximate surface area is 107 Å². The van der Waals surface area contributed by atoms with E-state index in [1.54, 1.807) is 0 Å². The van der Waals surface area contributed by atoms with Crippen molar-refractivity contribution in [3.05, 3.63) is 46.7 Å². The third kappa shape index (κ3) is 3.53. The van der Waals surface area contributed by atoms with Crippen molar-refractivity contribution in [2.24, 2.45) is 0 Å². The van der Waals surface area contributed by atoms with Crippen LogP contribution in [0.15, 0.2) is 41.1 Å². The molecule has 1 N–H and O–H groups in total. The summed E-state index contributed by atoms with van der Waals surface area (Å²) in [5.74, 6) is 0.0672. The number of amides is 1. The van der Waals surface area contributed by atoms with E-state index < -0.39 is 10.8 Å². The van der Waals surface area contributed by atoms with E-state index in [9.17, 15) is 14.9 Å². The average Bonchev–Trinajstić information content (AvgIpc) is 2.89. The molecule has 0 saturated carbocycles. The fourth-order valence-corrected chi connectivity index (χ4v) is 1.29. The zero-order chi connectivity index (χ0) is 13.7. The normalized spacial score (nSPS) is 9.89. The lowest BCUT2D eigenvalue weighted by molar-refractivity contribution is -0.384. The van der Waals surface area contributed by atoms with E-state index in [-0.39, 0.29) is 23.9 Å². The van der Waals surface area contributed by atoms with Crippen LogP contribution in [0.4, 0.5) is 11.5 Å². The van der Waals surface area contributed by atoms with Gasteiger partial charge in [-0.15, -0.1) is 0 Å². The maximum Gasteiger partial charge on any atom is 0.273 e. The van der Waals surface area contributed by atoms with Crippen LogP contribution in [0.1, 0.15) is 0 Å². The molecule has 0 bridgehead atoms. The number of nitrogens with one attached hydrogen (secondary N) is 1. The molecular weight excluding hydrogens is 254 g/mol.